The Hall–Kier alpha value is -3.55. The van der Waals surface area contributed by atoms with Gasteiger partial charge in [0.05, 0.1) is 24.2 Å². The standard InChI is InChI=1S/C33H36N4O2S/c1-33(2,3)22-10-14-31(39-4)30(15-22)36-32(38)35-29-13-12-26(27-7-5-6-8-28(27)29)21-9-11-23(34-17-21)18-37-19-25-16-24(37)20-40-25/h5-15,17,24-25H,16,18-20H2,1-4H3,(H2,35,36,38). The molecular weight excluding hydrogens is 516 g/mol. The Morgan fingerprint density at radius 1 is 1.02 bits per heavy atom. The molecule has 2 bridgehead atoms. The molecule has 7 heteroatoms. The molecular formula is C33H36N4O2S. The van der Waals surface area contributed by atoms with E-state index in [-0.39, 0.29) is 11.4 Å². The van der Waals surface area contributed by atoms with E-state index in [0.717, 1.165) is 50.6 Å². The number of fused-ring (bicyclic) bond motifs is 3. The smallest absolute Gasteiger partial charge is 0.323 e. The van der Waals surface area contributed by atoms with E-state index < -0.39 is 0 Å². The van der Waals surface area contributed by atoms with Gasteiger partial charge in [0.15, 0.2) is 0 Å². The van der Waals surface area contributed by atoms with Gasteiger partial charge >= 0.3 is 6.03 Å². The molecule has 0 spiro atoms. The normalized spacial score (nSPS) is 18.7. The maximum absolute atomic E-state index is 13.1. The minimum absolute atomic E-state index is 0.0503. The molecule has 0 aliphatic carbocycles. The van der Waals surface area contributed by atoms with E-state index in [1.807, 2.05) is 48.7 Å². The molecule has 3 heterocycles. The predicted molar refractivity (Wildman–Crippen MR) is 167 cm³/mol. The summed E-state index contributed by atoms with van der Waals surface area (Å²) in [6, 6.07) is 22.8. The van der Waals surface area contributed by atoms with E-state index >= 15 is 0 Å². The van der Waals surface area contributed by atoms with Crippen LogP contribution in [0.3, 0.4) is 0 Å². The number of hydrogen-bond acceptors (Lipinski definition) is 5. The van der Waals surface area contributed by atoms with E-state index in [1.165, 1.54) is 18.7 Å². The van der Waals surface area contributed by atoms with Crippen LogP contribution in [0.4, 0.5) is 16.2 Å². The van der Waals surface area contributed by atoms with E-state index in [9.17, 15) is 4.79 Å². The number of methoxy groups -OCH3 is 1. The van der Waals surface area contributed by atoms with Crippen molar-refractivity contribution in [3.8, 4) is 16.9 Å². The molecule has 4 aromatic rings. The minimum atomic E-state index is -0.317. The van der Waals surface area contributed by atoms with Crippen LogP contribution in [0.15, 0.2) is 72.9 Å². The zero-order chi connectivity index (χ0) is 27.9. The zero-order valence-electron chi connectivity index (χ0n) is 23.5. The highest BCUT2D eigenvalue weighted by molar-refractivity contribution is 8.00. The second-order valence-corrected chi connectivity index (χ2v) is 13.1. The molecule has 2 aliphatic rings. The molecule has 2 aliphatic heterocycles. The molecule has 0 radical (unpaired) electrons. The Morgan fingerprint density at radius 2 is 1.82 bits per heavy atom. The van der Waals surface area contributed by atoms with Gasteiger partial charge in [-0.25, -0.2) is 4.79 Å². The van der Waals surface area contributed by atoms with Crippen LogP contribution in [0, 0.1) is 0 Å². The third-order valence-electron chi connectivity index (χ3n) is 8.00. The monoisotopic (exact) mass is 552 g/mol. The average Bonchev–Trinajstić information content (AvgIpc) is 3.57. The van der Waals surface area contributed by atoms with Crippen molar-refractivity contribution < 1.29 is 9.53 Å². The number of ether oxygens (including phenoxy) is 1. The highest BCUT2D eigenvalue weighted by Crippen LogP contribution is 2.38. The third kappa shape index (κ3) is 5.40. The lowest BCUT2D eigenvalue weighted by Gasteiger charge is -2.25. The van der Waals surface area contributed by atoms with Crippen molar-refractivity contribution in [3.05, 3.63) is 84.2 Å². The van der Waals surface area contributed by atoms with Crippen LogP contribution in [-0.2, 0) is 12.0 Å². The molecule has 6 nitrogen and oxygen atoms in total. The van der Waals surface area contributed by atoms with Gasteiger partial charge < -0.3 is 15.4 Å². The molecule has 206 valence electrons. The molecule has 2 saturated heterocycles. The first-order valence-corrected chi connectivity index (χ1v) is 14.9. The summed E-state index contributed by atoms with van der Waals surface area (Å²) < 4.78 is 5.51. The van der Waals surface area contributed by atoms with Crippen LogP contribution < -0.4 is 15.4 Å². The van der Waals surface area contributed by atoms with Gasteiger partial charge in [-0.3, -0.25) is 9.88 Å². The Balaban J connectivity index is 1.21. The first-order valence-electron chi connectivity index (χ1n) is 13.9. The van der Waals surface area contributed by atoms with E-state index in [0.29, 0.717) is 17.5 Å². The average molecular weight is 553 g/mol. The summed E-state index contributed by atoms with van der Waals surface area (Å²) in [6.07, 6.45) is 3.30. The number of hydrogen-bond donors (Lipinski definition) is 2. The lowest BCUT2D eigenvalue weighted by molar-refractivity contribution is 0.258. The number of urea groups is 1. The Labute approximate surface area is 240 Å². The Bertz CT molecular complexity index is 1550. The number of likely N-dealkylation sites (tertiary alicyclic amines) is 1. The summed E-state index contributed by atoms with van der Waals surface area (Å²) in [7, 11) is 1.61. The highest BCUT2D eigenvalue weighted by Gasteiger charge is 2.38. The number of anilines is 2. The van der Waals surface area contributed by atoms with Crippen molar-refractivity contribution in [1.29, 1.82) is 0 Å². The number of nitrogens with zero attached hydrogens (tertiary/aromatic N) is 2. The van der Waals surface area contributed by atoms with Crippen LogP contribution in [0.2, 0.25) is 0 Å². The number of thioether (sulfide) groups is 1. The Kier molecular flexibility index (Phi) is 7.19. The minimum Gasteiger partial charge on any atom is -0.495 e. The number of aromatic nitrogens is 1. The number of rotatable bonds is 6. The van der Waals surface area contributed by atoms with Crippen LogP contribution in [0.5, 0.6) is 5.75 Å². The highest BCUT2D eigenvalue weighted by atomic mass is 32.2. The fourth-order valence-corrected chi connectivity index (χ4v) is 7.26. The van der Waals surface area contributed by atoms with E-state index in [1.54, 1.807) is 7.11 Å². The summed E-state index contributed by atoms with van der Waals surface area (Å²) in [5, 5.41) is 8.89. The van der Waals surface area contributed by atoms with Gasteiger partial charge in [-0.2, -0.15) is 11.8 Å². The van der Waals surface area contributed by atoms with Gasteiger partial charge in [0, 0.05) is 47.3 Å². The van der Waals surface area contributed by atoms with Crippen molar-refractivity contribution in [2.24, 2.45) is 0 Å². The van der Waals surface area contributed by atoms with Gasteiger partial charge in [-0.1, -0.05) is 63.2 Å². The van der Waals surface area contributed by atoms with Crippen molar-refractivity contribution >= 4 is 39.9 Å². The first kappa shape index (κ1) is 26.7. The van der Waals surface area contributed by atoms with Gasteiger partial charge in [0.2, 0.25) is 0 Å². The lowest BCUT2D eigenvalue weighted by atomic mass is 9.87. The van der Waals surface area contributed by atoms with Crippen LogP contribution >= 0.6 is 11.8 Å². The van der Waals surface area contributed by atoms with Crippen LogP contribution in [0.25, 0.3) is 21.9 Å². The largest absolute Gasteiger partial charge is 0.495 e. The number of carbonyl (C=O) groups excluding carboxylic acids is 1. The van der Waals surface area contributed by atoms with Crippen molar-refractivity contribution in [3.63, 3.8) is 0 Å². The van der Waals surface area contributed by atoms with E-state index in [4.69, 9.17) is 9.72 Å². The van der Waals surface area contributed by atoms with Gasteiger partial charge in [0.25, 0.3) is 0 Å². The second-order valence-electron chi connectivity index (χ2n) is 11.8. The fraction of sp³-hybridized carbons (Fsp3) is 0.333. The number of benzene rings is 3. The van der Waals surface area contributed by atoms with Crippen LogP contribution in [0.1, 0.15) is 38.4 Å². The van der Waals surface area contributed by atoms with Gasteiger partial charge in [-0.05, 0) is 52.6 Å². The molecule has 2 atom stereocenters. The van der Waals surface area contributed by atoms with Crippen LogP contribution in [-0.4, -0.2) is 46.6 Å². The van der Waals surface area contributed by atoms with Crippen molar-refractivity contribution in [1.82, 2.24) is 9.88 Å². The fourth-order valence-electron chi connectivity index (χ4n) is 5.77. The van der Waals surface area contributed by atoms with Gasteiger partial charge in [0.1, 0.15) is 5.75 Å². The lowest BCUT2D eigenvalue weighted by Crippen LogP contribution is -2.33. The summed E-state index contributed by atoms with van der Waals surface area (Å²) in [4.78, 5) is 20.6. The van der Waals surface area contributed by atoms with E-state index in [2.05, 4.69) is 72.3 Å². The maximum Gasteiger partial charge on any atom is 0.323 e. The summed E-state index contributed by atoms with van der Waals surface area (Å²) >= 11 is 2.12. The molecule has 3 aromatic carbocycles. The number of amides is 2. The van der Waals surface area contributed by atoms with Crippen molar-refractivity contribution in [2.75, 3.05) is 30.0 Å². The molecule has 2 N–H and O–H groups in total. The number of nitrogens with one attached hydrogen (secondary N) is 2. The molecule has 0 saturated carbocycles. The second kappa shape index (κ2) is 10.8. The summed E-state index contributed by atoms with van der Waals surface area (Å²) in [5.74, 6) is 1.87. The number of pyridine rings is 1. The summed E-state index contributed by atoms with van der Waals surface area (Å²) in [6.45, 7) is 8.53. The molecule has 2 unspecified atom stereocenters. The molecule has 2 amide bonds. The summed E-state index contributed by atoms with van der Waals surface area (Å²) in [5.41, 5.74) is 5.73. The third-order valence-corrected chi connectivity index (χ3v) is 9.39. The molecule has 1 aromatic heterocycles. The van der Waals surface area contributed by atoms with Gasteiger partial charge in [-0.15, -0.1) is 0 Å². The SMILES string of the molecule is COc1ccc(C(C)(C)C)cc1NC(=O)Nc1ccc(-c2ccc(CN3CC4CC3CS4)nc2)c2ccccc12. The predicted octanol–water partition coefficient (Wildman–Crippen LogP) is 7.54. The number of carbonyl (C=O) groups is 1. The zero-order valence-corrected chi connectivity index (χ0v) is 24.3. The van der Waals surface area contributed by atoms with Crippen molar-refractivity contribution in [2.45, 2.75) is 50.4 Å². The maximum atomic E-state index is 13.1. The molecule has 2 fully saturated rings. The first-order chi connectivity index (χ1) is 19.3. The molecule has 6 rings (SSSR count). The molecule has 40 heavy (non-hydrogen) atoms. The topological polar surface area (TPSA) is 66.5 Å². The quantitative estimate of drug-likeness (QED) is 0.259. The Morgan fingerprint density at radius 3 is 2.50 bits per heavy atom.